The van der Waals surface area contributed by atoms with Crippen LogP contribution in [0.3, 0.4) is 0 Å². The van der Waals surface area contributed by atoms with E-state index in [9.17, 15) is 4.39 Å². The average Bonchev–Trinajstić information content (AvgIpc) is 2.97. The van der Waals surface area contributed by atoms with Gasteiger partial charge in [0.1, 0.15) is 6.04 Å². The zero-order chi connectivity index (χ0) is 14.9. The van der Waals surface area contributed by atoms with Crippen molar-refractivity contribution >= 4 is 5.84 Å². The monoisotopic (exact) mass is 290 g/mol. The van der Waals surface area contributed by atoms with Crippen molar-refractivity contribution in [3.05, 3.63) is 96.0 Å². The number of fused-ring (bicyclic) bond motifs is 1. The first kappa shape index (κ1) is 13.0. The molecule has 0 bridgehead atoms. The summed E-state index contributed by atoms with van der Waals surface area (Å²) >= 11 is 0. The highest BCUT2D eigenvalue weighted by Crippen LogP contribution is 2.44. The molecule has 0 N–H and O–H groups in total. The topological polar surface area (TPSA) is 15.6 Å². The van der Waals surface area contributed by atoms with E-state index >= 15 is 0 Å². The molecule has 2 nitrogen and oxygen atoms in total. The number of rotatable bonds is 2. The van der Waals surface area contributed by atoms with Crippen molar-refractivity contribution in [2.75, 3.05) is 0 Å². The molecule has 2 aromatic carbocycles. The molecule has 0 saturated heterocycles. The Morgan fingerprint density at radius 3 is 2.18 bits per heavy atom. The molecular weight excluding hydrogens is 275 g/mol. The predicted octanol–water partition coefficient (Wildman–Crippen LogP) is 4.56. The third-order valence-corrected chi connectivity index (χ3v) is 4.09. The van der Waals surface area contributed by atoms with Crippen molar-refractivity contribution in [1.29, 1.82) is 0 Å². The van der Waals surface area contributed by atoms with Crippen LogP contribution >= 0.6 is 0 Å². The summed E-state index contributed by atoms with van der Waals surface area (Å²) in [6.07, 6.45) is 5.10. The van der Waals surface area contributed by atoms with Crippen molar-refractivity contribution in [2.24, 2.45) is 4.99 Å². The summed E-state index contributed by atoms with van der Waals surface area (Å²) in [5.41, 5.74) is 2.23. The maximum absolute atomic E-state index is 14.2. The molecule has 2 aliphatic rings. The molecule has 0 unspecified atom stereocenters. The average molecular weight is 290 g/mol. The summed E-state index contributed by atoms with van der Waals surface area (Å²) in [4.78, 5) is 6.60. The molecule has 108 valence electrons. The van der Waals surface area contributed by atoms with Crippen LogP contribution in [0.15, 0.2) is 89.8 Å². The SMILES string of the molecule is FC1=CC=CN2C1=N[C@@H](c1ccccc1)[C@H]2c1ccccc1. The van der Waals surface area contributed by atoms with Gasteiger partial charge in [-0.3, -0.25) is 4.99 Å². The largest absolute Gasteiger partial charge is 0.321 e. The highest BCUT2D eigenvalue weighted by Gasteiger charge is 2.39. The minimum absolute atomic E-state index is 0.0192. The molecule has 4 rings (SSSR count). The third-order valence-electron chi connectivity index (χ3n) is 4.09. The van der Waals surface area contributed by atoms with E-state index in [1.807, 2.05) is 47.5 Å². The minimum Gasteiger partial charge on any atom is -0.321 e. The lowest BCUT2D eigenvalue weighted by atomic mass is 9.94. The lowest BCUT2D eigenvalue weighted by molar-refractivity contribution is 0.390. The van der Waals surface area contributed by atoms with Crippen LogP contribution in [0, 0.1) is 0 Å². The summed E-state index contributed by atoms with van der Waals surface area (Å²) in [5.74, 6) is 0.145. The van der Waals surface area contributed by atoms with Crippen LogP contribution in [-0.2, 0) is 0 Å². The van der Waals surface area contributed by atoms with E-state index in [1.165, 1.54) is 6.08 Å². The maximum atomic E-state index is 14.2. The van der Waals surface area contributed by atoms with Gasteiger partial charge >= 0.3 is 0 Å². The molecule has 0 saturated carbocycles. The standard InChI is InChI=1S/C19H15FN2/c20-16-12-7-13-22-18(15-10-5-2-6-11-15)17(21-19(16)22)14-8-3-1-4-9-14/h1-13,17-18H/t17-,18+/m0/s1. The first-order chi connectivity index (χ1) is 10.8. The van der Waals surface area contributed by atoms with Crippen molar-refractivity contribution in [3.63, 3.8) is 0 Å². The lowest BCUT2D eigenvalue weighted by Crippen LogP contribution is -2.28. The molecular formula is C19H15FN2. The number of benzene rings is 2. The third kappa shape index (κ3) is 2.06. The molecule has 2 aromatic rings. The van der Waals surface area contributed by atoms with Crippen molar-refractivity contribution in [3.8, 4) is 0 Å². The molecule has 3 heteroatoms. The van der Waals surface area contributed by atoms with E-state index in [2.05, 4.69) is 29.3 Å². The molecule has 2 heterocycles. The summed E-state index contributed by atoms with van der Waals surface area (Å²) < 4.78 is 14.2. The van der Waals surface area contributed by atoms with Crippen LogP contribution < -0.4 is 0 Å². The Morgan fingerprint density at radius 2 is 1.50 bits per heavy atom. The number of nitrogens with zero attached hydrogens (tertiary/aromatic N) is 2. The fourth-order valence-corrected chi connectivity index (χ4v) is 3.10. The van der Waals surface area contributed by atoms with Crippen LogP contribution in [0.2, 0.25) is 0 Å². The molecule has 0 aliphatic carbocycles. The Balaban J connectivity index is 1.84. The Hall–Kier alpha value is -2.68. The molecule has 2 aliphatic heterocycles. The normalized spacial score (nSPS) is 23.0. The van der Waals surface area contributed by atoms with Gasteiger partial charge in [0.05, 0.1) is 6.04 Å². The van der Waals surface area contributed by atoms with Gasteiger partial charge in [-0.15, -0.1) is 0 Å². The Kier molecular flexibility index (Phi) is 3.11. The van der Waals surface area contributed by atoms with Gasteiger partial charge in [-0.25, -0.2) is 4.39 Å². The Morgan fingerprint density at radius 1 is 0.864 bits per heavy atom. The molecule has 0 amide bonds. The van der Waals surface area contributed by atoms with Gasteiger partial charge in [-0.2, -0.15) is 0 Å². The van der Waals surface area contributed by atoms with E-state index in [4.69, 9.17) is 0 Å². The quantitative estimate of drug-likeness (QED) is 0.791. The van der Waals surface area contributed by atoms with E-state index in [-0.39, 0.29) is 17.9 Å². The fourth-order valence-electron chi connectivity index (χ4n) is 3.10. The van der Waals surface area contributed by atoms with E-state index < -0.39 is 0 Å². The van der Waals surface area contributed by atoms with Gasteiger partial charge in [0.2, 0.25) is 0 Å². The minimum atomic E-state index is -0.276. The Labute approximate surface area is 128 Å². The first-order valence-corrected chi connectivity index (χ1v) is 7.35. The highest BCUT2D eigenvalue weighted by molar-refractivity contribution is 6.00. The van der Waals surface area contributed by atoms with E-state index in [1.54, 1.807) is 6.08 Å². The number of halogens is 1. The summed E-state index contributed by atoms with van der Waals surface area (Å²) in [7, 11) is 0. The second-order valence-electron chi connectivity index (χ2n) is 5.43. The van der Waals surface area contributed by atoms with E-state index in [0.29, 0.717) is 5.84 Å². The van der Waals surface area contributed by atoms with Crippen LogP contribution in [0.4, 0.5) is 4.39 Å². The van der Waals surface area contributed by atoms with Gasteiger partial charge in [0, 0.05) is 6.20 Å². The molecule has 0 fully saturated rings. The van der Waals surface area contributed by atoms with Crippen LogP contribution in [0.1, 0.15) is 23.2 Å². The number of hydrogen-bond acceptors (Lipinski definition) is 2. The fraction of sp³-hybridized carbons (Fsp3) is 0.105. The van der Waals surface area contributed by atoms with Crippen LogP contribution in [0.5, 0.6) is 0 Å². The van der Waals surface area contributed by atoms with Gasteiger partial charge in [0.25, 0.3) is 0 Å². The Bertz CT molecular complexity index is 763. The maximum Gasteiger partial charge on any atom is 0.165 e. The van der Waals surface area contributed by atoms with Gasteiger partial charge in [-0.05, 0) is 23.3 Å². The molecule has 22 heavy (non-hydrogen) atoms. The zero-order valence-electron chi connectivity index (χ0n) is 11.9. The number of aliphatic imine (C=N–C) groups is 1. The second kappa shape index (κ2) is 5.26. The van der Waals surface area contributed by atoms with Gasteiger partial charge < -0.3 is 4.90 Å². The number of amidine groups is 1. The number of allylic oxidation sites excluding steroid dienone is 2. The number of hydrogen-bond donors (Lipinski definition) is 0. The van der Waals surface area contributed by atoms with Crippen LogP contribution in [0.25, 0.3) is 0 Å². The summed E-state index contributed by atoms with van der Waals surface area (Å²) in [6, 6.07) is 20.1. The first-order valence-electron chi connectivity index (χ1n) is 7.35. The van der Waals surface area contributed by atoms with E-state index in [0.717, 1.165) is 11.1 Å². The predicted molar refractivity (Wildman–Crippen MR) is 86.0 cm³/mol. The molecule has 0 spiro atoms. The molecule has 0 radical (unpaired) electrons. The van der Waals surface area contributed by atoms with Crippen molar-refractivity contribution in [1.82, 2.24) is 4.90 Å². The lowest BCUT2D eigenvalue weighted by Gasteiger charge is -2.28. The zero-order valence-corrected chi connectivity index (χ0v) is 11.9. The molecule has 0 aromatic heterocycles. The van der Waals surface area contributed by atoms with Gasteiger partial charge in [-0.1, -0.05) is 60.7 Å². The van der Waals surface area contributed by atoms with Gasteiger partial charge in [0.15, 0.2) is 11.7 Å². The highest BCUT2D eigenvalue weighted by atomic mass is 19.1. The summed E-state index contributed by atoms with van der Waals surface area (Å²) in [6.45, 7) is 0. The second-order valence-corrected chi connectivity index (χ2v) is 5.43. The molecule has 2 atom stereocenters. The smallest absolute Gasteiger partial charge is 0.165 e. The van der Waals surface area contributed by atoms with Crippen LogP contribution in [-0.4, -0.2) is 10.7 Å². The van der Waals surface area contributed by atoms with Crippen molar-refractivity contribution in [2.45, 2.75) is 12.1 Å². The summed E-state index contributed by atoms with van der Waals surface area (Å²) in [5, 5.41) is 0. The van der Waals surface area contributed by atoms with Crippen molar-refractivity contribution < 1.29 is 4.39 Å².